The summed E-state index contributed by atoms with van der Waals surface area (Å²) in [6.45, 7) is 6.18. The van der Waals surface area contributed by atoms with Crippen molar-refractivity contribution in [2.24, 2.45) is 10.2 Å². The second-order valence-electron chi connectivity index (χ2n) is 5.66. The number of aryl methyl sites for hydroxylation is 1. The molecule has 1 N–H and O–H groups in total. The van der Waals surface area contributed by atoms with Crippen LogP contribution in [0.2, 0.25) is 0 Å². The third kappa shape index (κ3) is 4.20. The van der Waals surface area contributed by atoms with Gasteiger partial charge < -0.3 is 10.0 Å². The van der Waals surface area contributed by atoms with E-state index in [9.17, 15) is 15.2 Å². The third-order valence-electron chi connectivity index (χ3n) is 3.88. The van der Waals surface area contributed by atoms with Crippen LogP contribution in [0, 0.1) is 28.4 Å². The number of rotatable bonds is 6. The maximum atomic E-state index is 10.8. The summed E-state index contributed by atoms with van der Waals surface area (Å²) in [5, 5.41) is 37.9. The van der Waals surface area contributed by atoms with E-state index in [-0.39, 0.29) is 16.9 Å². The number of nitro groups is 1. The van der Waals surface area contributed by atoms with E-state index in [2.05, 4.69) is 10.2 Å². The molecule has 0 aliphatic heterocycles. The largest absolute Gasteiger partial charge is 0.374 e. The van der Waals surface area contributed by atoms with Crippen molar-refractivity contribution in [3.05, 3.63) is 57.6 Å². The highest BCUT2D eigenvalue weighted by atomic mass is 16.6. The molecule has 0 saturated carbocycles. The van der Waals surface area contributed by atoms with Crippen LogP contribution < -0.4 is 4.90 Å². The van der Waals surface area contributed by atoms with E-state index in [1.165, 1.54) is 18.2 Å². The molecule has 0 fully saturated rings. The number of hydrogen-bond acceptors (Lipinski definition) is 7. The Hall–Kier alpha value is -3.31. The lowest BCUT2D eigenvalue weighted by molar-refractivity contribution is -0.384. The molecule has 8 nitrogen and oxygen atoms in total. The van der Waals surface area contributed by atoms with Gasteiger partial charge in [-0.25, -0.2) is 0 Å². The molecule has 1 unspecified atom stereocenters. The average molecular weight is 353 g/mol. The number of hydrogen-bond donors (Lipinski definition) is 1. The lowest BCUT2D eigenvalue weighted by atomic mass is 10.1. The van der Waals surface area contributed by atoms with Gasteiger partial charge in [0.25, 0.3) is 5.69 Å². The van der Waals surface area contributed by atoms with Crippen LogP contribution in [0.25, 0.3) is 0 Å². The molecule has 0 saturated heterocycles. The number of non-ortho nitro benzene ring substituents is 1. The molecule has 2 aromatic rings. The van der Waals surface area contributed by atoms with Gasteiger partial charge in [-0.05, 0) is 50.6 Å². The van der Waals surface area contributed by atoms with Gasteiger partial charge >= 0.3 is 0 Å². The van der Waals surface area contributed by atoms with E-state index in [0.717, 1.165) is 11.3 Å². The fourth-order valence-corrected chi connectivity index (χ4v) is 2.52. The Bertz CT molecular complexity index is 887. The Labute approximate surface area is 151 Å². The lowest BCUT2D eigenvalue weighted by Gasteiger charge is -2.26. The molecule has 0 aliphatic rings. The molecule has 2 aromatic carbocycles. The number of aliphatic hydroxyl groups excluding tert-OH is 1. The molecule has 8 heteroatoms. The van der Waals surface area contributed by atoms with Crippen molar-refractivity contribution in [1.82, 2.24) is 0 Å². The zero-order valence-corrected chi connectivity index (χ0v) is 14.7. The van der Waals surface area contributed by atoms with E-state index in [1.807, 2.05) is 36.9 Å². The molecule has 0 aromatic heterocycles. The number of aliphatic hydroxyl groups is 1. The molecular weight excluding hydrogens is 334 g/mol. The predicted octanol–water partition coefficient (Wildman–Crippen LogP) is 4.35. The van der Waals surface area contributed by atoms with Crippen molar-refractivity contribution >= 4 is 22.7 Å². The number of nitrogens with zero attached hydrogens (tertiary/aromatic N) is 5. The number of nitriles is 1. The van der Waals surface area contributed by atoms with Crippen LogP contribution in [0.5, 0.6) is 0 Å². The van der Waals surface area contributed by atoms with Gasteiger partial charge in [0.15, 0.2) is 0 Å². The van der Waals surface area contributed by atoms with Gasteiger partial charge in [-0.1, -0.05) is 0 Å². The monoisotopic (exact) mass is 353 g/mol. The Morgan fingerprint density at radius 3 is 2.46 bits per heavy atom. The summed E-state index contributed by atoms with van der Waals surface area (Å²) in [4.78, 5) is 12.1. The molecule has 0 bridgehead atoms. The summed E-state index contributed by atoms with van der Waals surface area (Å²) in [6, 6.07) is 11.3. The molecule has 0 heterocycles. The maximum absolute atomic E-state index is 10.8. The van der Waals surface area contributed by atoms with E-state index in [1.54, 1.807) is 13.0 Å². The quantitative estimate of drug-likeness (QED) is 0.358. The van der Waals surface area contributed by atoms with Crippen LogP contribution in [-0.2, 0) is 0 Å². The number of anilines is 1. The fourth-order valence-electron chi connectivity index (χ4n) is 2.52. The first kappa shape index (κ1) is 19.0. The number of benzene rings is 2. The van der Waals surface area contributed by atoms with Gasteiger partial charge in [0, 0.05) is 24.4 Å². The first-order chi connectivity index (χ1) is 12.4. The standard InChI is InChI=1S/C18H19N5O3/c1-4-22(13(3)24)15-5-7-17(12(2)9-15)20-21-18-8-6-16(23(25)26)10-14(18)11-19/h5-10,13,24H,4H2,1-3H3. The Morgan fingerprint density at radius 1 is 1.27 bits per heavy atom. The van der Waals surface area contributed by atoms with E-state index in [4.69, 9.17) is 5.26 Å². The van der Waals surface area contributed by atoms with Crippen LogP contribution >= 0.6 is 0 Å². The zero-order chi connectivity index (χ0) is 19.3. The van der Waals surface area contributed by atoms with Crippen molar-refractivity contribution in [2.75, 3.05) is 11.4 Å². The van der Waals surface area contributed by atoms with E-state index >= 15 is 0 Å². The summed E-state index contributed by atoms with van der Waals surface area (Å²) in [7, 11) is 0. The van der Waals surface area contributed by atoms with Crippen LogP contribution in [0.1, 0.15) is 25.0 Å². The van der Waals surface area contributed by atoms with Gasteiger partial charge in [0.05, 0.1) is 16.2 Å². The Morgan fingerprint density at radius 2 is 1.92 bits per heavy atom. The summed E-state index contributed by atoms with van der Waals surface area (Å²) < 4.78 is 0. The van der Waals surface area contributed by atoms with Crippen LogP contribution in [-0.4, -0.2) is 22.8 Å². The highest BCUT2D eigenvalue weighted by Crippen LogP contribution is 2.29. The molecule has 0 amide bonds. The molecular formula is C18H19N5O3. The first-order valence-electron chi connectivity index (χ1n) is 8.03. The normalized spacial score (nSPS) is 12.0. The van der Waals surface area contributed by atoms with Crippen LogP contribution in [0.4, 0.5) is 22.7 Å². The van der Waals surface area contributed by atoms with Gasteiger partial charge in [0.2, 0.25) is 0 Å². The minimum atomic E-state index is -0.606. The van der Waals surface area contributed by atoms with Gasteiger partial charge in [0.1, 0.15) is 18.0 Å². The van der Waals surface area contributed by atoms with Crippen molar-refractivity contribution < 1.29 is 10.0 Å². The molecule has 1 atom stereocenters. The maximum Gasteiger partial charge on any atom is 0.270 e. The number of azo groups is 1. The predicted molar refractivity (Wildman–Crippen MR) is 97.9 cm³/mol. The molecule has 0 aliphatic carbocycles. The van der Waals surface area contributed by atoms with Crippen molar-refractivity contribution in [2.45, 2.75) is 27.0 Å². The fraction of sp³-hybridized carbons (Fsp3) is 0.278. The SMILES string of the molecule is CCN(c1ccc(N=Nc2ccc([N+](=O)[O-])cc2C#N)c(C)c1)C(C)O. The van der Waals surface area contributed by atoms with Crippen molar-refractivity contribution in [3.63, 3.8) is 0 Å². The summed E-state index contributed by atoms with van der Waals surface area (Å²) >= 11 is 0. The molecule has 0 spiro atoms. The van der Waals surface area contributed by atoms with Gasteiger partial charge in [-0.2, -0.15) is 10.4 Å². The summed E-state index contributed by atoms with van der Waals surface area (Å²) in [5.41, 5.74) is 2.51. The highest BCUT2D eigenvalue weighted by Gasteiger charge is 2.12. The molecule has 134 valence electrons. The summed E-state index contributed by atoms with van der Waals surface area (Å²) in [5.74, 6) is 0. The average Bonchev–Trinajstić information content (AvgIpc) is 2.61. The molecule has 26 heavy (non-hydrogen) atoms. The van der Waals surface area contributed by atoms with Crippen molar-refractivity contribution in [1.29, 1.82) is 5.26 Å². The van der Waals surface area contributed by atoms with E-state index < -0.39 is 11.2 Å². The minimum Gasteiger partial charge on any atom is -0.374 e. The lowest BCUT2D eigenvalue weighted by Crippen LogP contribution is -2.32. The van der Waals surface area contributed by atoms with Crippen LogP contribution in [0.3, 0.4) is 0 Å². The Balaban J connectivity index is 2.31. The third-order valence-corrected chi connectivity index (χ3v) is 3.88. The van der Waals surface area contributed by atoms with Gasteiger partial charge in [-0.3, -0.25) is 10.1 Å². The van der Waals surface area contributed by atoms with Gasteiger partial charge in [-0.15, -0.1) is 5.11 Å². The van der Waals surface area contributed by atoms with Crippen LogP contribution in [0.15, 0.2) is 46.6 Å². The second kappa shape index (κ2) is 8.18. The minimum absolute atomic E-state index is 0.0866. The smallest absolute Gasteiger partial charge is 0.270 e. The first-order valence-corrected chi connectivity index (χ1v) is 8.03. The summed E-state index contributed by atoms with van der Waals surface area (Å²) in [6.07, 6.45) is -0.606. The van der Waals surface area contributed by atoms with Crippen molar-refractivity contribution in [3.8, 4) is 6.07 Å². The topological polar surface area (TPSA) is 115 Å². The number of nitro benzene ring substituents is 1. The highest BCUT2D eigenvalue weighted by molar-refractivity contribution is 5.60. The second-order valence-corrected chi connectivity index (χ2v) is 5.66. The zero-order valence-electron chi connectivity index (χ0n) is 14.7. The molecule has 2 rings (SSSR count). The molecule has 0 radical (unpaired) electrons. The van der Waals surface area contributed by atoms with E-state index in [0.29, 0.717) is 12.2 Å². The Kier molecular flexibility index (Phi) is 5.98.